The topological polar surface area (TPSA) is 153 Å². The molecule has 0 aliphatic carbocycles. The van der Waals surface area contributed by atoms with Crippen LogP contribution in [0.25, 0.3) is 11.4 Å². The highest BCUT2D eigenvalue weighted by Crippen LogP contribution is 2.37. The van der Waals surface area contributed by atoms with E-state index in [0.717, 1.165) is 6.07 Å². The number of methoxy groups -OCH3 is 1. The molecule has 0 radical (unpaired) electrons. The fourth-order valence-electron chi connectivity index (χ4n) is 4.76. The lowest BCUT2D eigenvalue weighted by Gasteiger charge is -2.39. The number of sulfone groups is 1. The van der Waals surface area contributed by atoms with Crippen molar-refractivity contribution in [1.82, 2.24) is 20.5 Å². The van der Waals surface area contributed by atoms with Crippen LogP contribution in [0.15, 0.2) is 57.9 Å². The number of benzene rings is 2. The maximum Gasteiger partial charge on any atom is 0.573 e. The second-order valence-electron chi connectivity index (χ2n) is 9.75. The van der Waals surface area contributed by atoms with Crippen LogP contribution >= 0.6 is 0 Å². The van der Waals surface area contributed by atoms with Gasteiger partial charge >= 0.3 is 6.36 Å². The Morgan fingerprint density at radius 2 is 1.81 bits per heavy atom. The van der Waals surface area contributed by atoms with E-state index in [1.807, 2.05) is 4.90 Å². The number of carbonyl (C=O) groups is 1. The van der Waals surface area contributed by atoms with Crippen molar-refractivity contribution >= 4 is 15.7 Å². The third-order valence-electron chi connectivity index (χ3n) is 7.06. The van der Waals surface area contributed by atoms with Gasteiger partial charge in [0.1, 0.15) is 11.5 Å². The number of ether oxygens (including phenoxy) is 3. The van der Waals surface area contributed by atoms with Gasteiger partial charge in [-0.25, -0.2) is 13.9 Å². The number of alkyl halides is 3. The van der Waals surface area contributed by atoms with Crippen molar-refractivity contribution < 1.29 is 50.3 Å². The van der Waals surface area contributed by atoms with Gasteiger partial charge in [-0.15, -0.1) is 13.2 Å². The predicted octanol–water partition coefficient (Wildman–Crippen LogP) is 3.41. The number of hydrogen-bond acceptors (Lipinski definition) is 11. The van der Waals surface area contributed by atoms with Crippen LogP contribution < -0.4 is 15.0 Å². The number of aromatic nitrogens is 2. The fraction of sp³-hybridized carbons (Fsp3) is 0.444. The molecule has 1 aliphatic heterocycles. The predicted molar refractivity (Wildman–Crippen MR) is 144 cm³/mol. The van der Waals surface area contributed by atoms with E-state index in [4.69, 9.17) is 14.0 Å². The van der Waals surface area contributed by atoms with Crippen molar-refractivity contribution in [3.63, 3.8) is 0 Å². The number of aryl methyl sites for hydroxylation is 1. The molecule has 0 spiro atoms. The van der Waals surface area contributed by atoms with Crippen LogP contribution in [-0.2, 0) is 25.8 Å². The third kappa shape index (κ3) is 7.62. The van der Waals surface area contributed by atoms with Gasteiger partial charge < -0.3 is 23.6 Å². The van der Waals surface area contributed by atoms with Gasteiger partial charge in [0.05, 0.1) is 23.7 Å². The summed E-state index contributed by atoms with van der Waals surface area (Å²) in [6.45, 7) is 1.93. The molecule has 2 N–H and O–H groups in total. The average Bonchev–Trinajstić information content (AvgIpc) is 3.46. The summed E-state index contributed by atoms with van der Waals surface area (Å²) in [4.78, 5) is 18.7. The second kappa shape index (κ2) is 13.7. The van der Waals surface area contributed by atoms with Crippen molar-refractivity contribution in [3.05, 3.63) is 54.4 Å². The molecular formula is C27H31F3N4O8S. The Kier molecular flexibility index (Phi) is 10.3. The van der Waals surface area contributed by atoms with Gasteiger partial charge in [-0.1, -0.05) is 17.3 Å². The zero-order chi connectivity index (χ0) is 31.1. The normalized spacial score (nSPS) is 15.7. The Balaban J connectivity index is 1.34. The Hall–Kier alpha value is -3.73. The SMILES string of the molecule is COCCN1CCC(C(=O)NO)(S(=O)(=O)c2ccc(OCCCc3nc(-c4ccccc4OC(F)(F)F)no3)cc2)CC1. The second-order valence-corrected chi connectivity index (χ2v) is 12.0. The van der Waals surface area contributed by atoms with Crippen molar-refractivity contribution in [3.8, 4) is 22.9 Å². The average molecular weight is 629 g/mol. The summed E-state index contributed by atoms with van der Waals surface area (Å²) < 4.78 is 83.4. The first kappa shape index (κ1) is 32.2. The standard InChI is InChI=1S/C27H31F3N4O8S/c1-39-18-16-34-14-12-26(13-15-34,25(35)32-36)43(37,38)20-10-8-19(9-11-20)40-17-4-7-23-31-24(33-42-23)21-5-2-3-6-22(21)41-27(28,29)30/h2-3,5-6,8-11,36H,4,7,12-18H2,1H3,(H,32,35). The van der Waals surface area contributed by atoms with Crippen LogP contribution in [0, 0.1) is 0 Å². The Bertz CT molecular complexity index is 1470. The first-order valence-corrected chi connectivity index (χ1v) is 14.8. The first-order valence-electron chi connectivity index (χ1n) is 13.3. The molecule has 1 aliphatic rings. The number of piperidine rings is 1. The number of likely N-dealkylation sites (tertiary alicyclic amines) is 1. The molecule has 12 nitrogen and oxygen atoms in total. The maximum atomic E-state index is 13.6. The van der Waals surface area contributed by atoms with Gasteiger partial charge in [-0.2, -0.15) is 4.98 Å². The molecule has 2 aromatic carbocycles. The maximum absolute atomic E-state index is 13.6. The van der Waals surface area contributed by atoms with Crippen molar-refractivity contribution in [2.75, 3.05) is 40.0 Å². The van der Waals surface area contributed by atoms with E-state index in [9.17, 15) is 31.6 Å². The molecule has 0 unspecified atom stereocenters. The molecule has 1 aromatic heterocycles. The monoisotopic (exact) mass is 628 g/mol. The number of halogens is 3. The quantitative estimate of drug-likeness (QED) is 0.163. The van der Waals surface area contributed by atoms with E-state index in [1.165, 1.54) is 47.9 Å². The first-order chi connectivity index (χ1) is 20.5. The van der Waals surface area contributed by atoms with E-state index < -0.39 is 32.6 Å². The minimum Gasteiger partial charge on any atom is -0.494 e. The van der Waals surface area contributed by atoms with E-state index in [1.54, 1.807) is 7.11 Å². The number of amides is 1. The van der Waals surface area contributed by atoms with E-state index in [0.29, 0.717) is 38.4 Å². The summed E-state index contributed by atoms with van der Waals surface area (Å²) >= 11 is 0. The molecule has 4 rings (SSSR count). The summed E-state index contributed by atoms with van der Waals surface area (Å²) in [5.74, 6) is -0.923. The molecule has 234 valence electrons. The fourth-order valence-corrected chi connectivity index (χ4v) is 6.72. The molecule has 0 saturated carbocycles. The van der Waals surface area contributed by atoms with Crippen molar-refractivity contribution in [2.24, 2.45) is 0 Å². The van der Waals surface area contributed by atoms with Gasteiger partial charge in [0.2, 0.25) is 11.7 Å². The van der Waals surface area contributed by atoms with E-state index in [-0.39, 0.29) is 48.0 Å². The molecule has 1 amide bonds. The van der Waals surface area contributed by atoms with E-state index >= 15 is 0 Å². The zero-order valence-electron chi connectivity index (χ0n) is 23.2. The lowest BCUT2D eigenvalue weighted by Crippen LogP contribution is -2.57. The Labute approximate surface area is 245 Å². The van der Waals surface area contributed by atoms with Gasteiger partial charge in [0.15, 0.2) is 14.6 Å². The van der Waals surface area contributed by atoms with Gasteiger partial charge in [0.25, 0.3) is 5.91 Å². The van der Waals surface area contributed by atoms with Gasteiger partial charge in [-0.05, 0) is 55.7 Å². The molecular weight excluding hydrogens is 597 g/mol. The number of carbonyl (C=O) groups excluding carboxylic acids is 1. The summed E-state index contributed by atoms with van der Waals surface area (Å²) in [6, 6.07) is 11.1. The molecule has 2 heterocycles. The highest BCUT2D eigenvalue weighted by atomic mass is 32.2. The third-order valence-corrected chi connectivity index (χ3v) is 9.58. The molecule has 43 heavy (non-hydrogen) atoms. The molecule has 0 atom stereocenters. The minimum absolute atomic E-state index is 0.00200. The van der Waals surface area contributed by atoms with Crippen molar-refractivity contribution in [2.45, 2.75) is 41.7 Å². The van der Waals surface area contributed by atoms with Gasteiger partial charge in [-0.3, -0.25) is 10.0 Å². The smallest absolute Gasteiger partial charge is 0.494 e. The summed E-state index contributed by atoms with van der Waals surface area (Å²) in [5.41, 5.74) is 1.56. The Morgan fingerprint density at radius 1 is 1.12 bits per heavy atom. The highest BCUT2D eigenvalue weighted by Gasteiger charge is 2.52. The number of rotatable bonds is 13. The van der Waals surface area contributed by atoms with Crippen LogP contribution in [-0.4, -0.2) is 85.6 Å². The molecule has 16 heteroatoms. The van der Waals surface area contributed by atoms with E-state index in [2.05, 4.69) is 14.9 Å². The van der Waals surface area contributed by atoms with Crippen molar-refractivity contribution in [1.29, 1.82) is 0 Å². The lowest BCUT2D eigenvalue weighted by molar-refractivity contribution is -0.274. The lowest BCUT2D eigenvalue weighted by atomic mass is 9.95. The Morgan fingerprint density at radius 3 is 2.47 bits per heavy atom. The molecule has 0 bridgehead atoms. The number of hydroxylamine groups is 1. The summed E-state index contributed by atoms with van der Waals surface area (Å²) in [5, 5.41) is 13.1. The molecule has 1 fully saturated rings. The number of nitrogens with zero attached hydrogens (tertiary/aromatic N) is 3. The van der Waals surface area contributed by atoms with Gasteiger partial charge in [0, 0.05) is 33.2 Å². The summed E-state index contributed by atoms with van der Waals surface area (Å²) in [6.07, 6.45) is -4.20. The minimum atomic E-state index is -4.88. The van der Waals surface area contributed by atoms with Crippen LogP contribution in [0.3, 0.4) is 0 Å². The van der Waals surface area contributed by atoms with Crippen LogP contribution in [0.5, 0.6) is 11.5 Å². The van der Waals surface area contributed by atoms with Crippen LogP contribution in [0.1, 0.15) is 25.2 Å². The highest BCUT2D eigenvalue weighted by molar-refractivity contribution is 7.93. The zero-order valence-corrected chi connectivity index (χ0v) is 24.0. The number of para-hydroxylation sites is 1. The molecule has 3 aromatic rings. The number of nitrogens with one attached hydrogen (secondary N) is 1. The number of hydrogen-bond donors (Lipinski definition) is 2. The largest absolute Gasteiger partial charge is 0.573 e. The van der Waals surface area contributed by atoms with Crippen LogP contribution in [0.4, 0.5) is 13.2 Å². The van der Waals surface area contributed by atoms with Crippen LogP contribution in [0.2, 0.25) is 0 Å². The summed E-state index contributed by atoms with van der Waals surface area (Å²) in [7, 11) is -2.61. The molecule has 1 saturated heterocycles.